The zero-order valence-corrected chi connectivity index (χ0v) is 8.04. The monoisotopic (exact) mass is 185 g/mol. The zero-order valence-electron chi connectivity index (χ0n) is 8.04. The molecule has 1 aromatic heterocycles. The number of nitrogens with zero attached hydrogens (tertiary/aromatic N) is 2. The summed E-state index contributed by atoms with van der Waals surface area (Å²) in [6, 6.07) is 5.61. The molecule has 0 aromatic carbocycles. The van der Waals surface area contributed by atoms with Crippen molar-refractivity contribution < 1.29 is 0 Å². The molecule has 1 N–H and O–H groups in total. The number of rotatable bonds is 3. The maximum Gasteiger partial charge on any atom is 0.142 e. The number of aromatic nitrogens is 1. The molecular weight excluding hydrogens is 174 g/mol. The largest absolute Gasteiger partial charge is 0.384 e. The number of terminal acetylenes is 1. The lowest BCUT2D eigenvalue weighted by Gasteiger charge is -2.04. The van der Waals surface area contributed by atoms with Crippen LogP contribution in [0.2, 0.25) is 0 Å². The topological polar surface area (TPSA) is 48.7 Å². The van der Waals surface area contributed by atoms with E-state index in [0.717, 1.165) is 11.4 Å². The fourth-order valence-corrected chi connectivity index (χ4v) is 1.11. The number of nitriles is 1. The van der Waals surface area contributed by atoms with E-state index >= 15 is 0 Å². The van der Waals surface area contributed by atoms with Crippen LogP contribution < -0.4 is 5.32 Å². The predicted molar refractivity (Wildman–Crippen MR) is 55.6 cm³/mol. The van der Waals surface area contributed by atoms with Crippen molar-refractivity contribution in [2.75, 3.05) is 11.9 Å². The third-order valence-electron chi connectivity index (χ3n) is 1.67. The third kappa shape index (κ3) is 2.80. The molecule has 3 heteroatoms. The molecule has 0 aliphatic heterocycles. The highest BCUT2D eigenvalue weighted by Gasteiger charge is 1.97. The van der Waals surface area contributed by atoms with Crippen LogP contribution in [0.4, 0.5) is 5.69 Å². The van der Waals surface area contributed by atoms with E-state index in [1.54, 1.807) is 6.07 Å². The molecule has 0 saturated heterocycles. The second kappa shape index (κ2) is 4.89. The first-order chi connectivity index (χ1) is 6.76. The molecule has 0 saturated carbocycles. The highest BCUT2D eigenvalue weighted by Crippen LogP contribution is 2.10. The molecule has 0 fully saturated rings. The first-order valence-corrected chi connectivity index (χ1v) is 4.32. The molecule has 0 aliphatic rings. The van der Waals surface area contributed by atoms with E-state index in [1.165, 1.54) is 0 Å². The van der Waals surface area contributed by atoms with E-state index in [0.29, 0.717) is 18.7 Å². The second-order valence-electron chi connectivity index (χ2n) is 2.88. The number of pyridine rings is 1. The Hall–Kier alpha value is -2.00. The Kier molecular flexibility index (Phi) is 3.52. The molecule has 3 nitrogen and oxygen atoms in total. The van der Waals surface area contributed by atoms with Crippen LogP contribution in [0.1, 0.15) is 17.8 Å². The Morgan fingerprint density at radius 2 is 2.36 bits per heavy atom. The predicted octanol–water partition coefficient (Wildman–Crippen LogP) is 1.70. The van der Waals surface area contributed by atoms with Crippen molar-refractivity contribution in [3.8, 4) is 18.4 Å². The molecule has 1 aromatic rings. The summed E-state index contributed by atoms with van der Waals surface area (Å²) in [5.74, 6) is 2.54. The average molecular weight is 185 g/mol. The molecule has 14 heavy (non-hydrogen) atoms. The van der Waals surface area contributed by atoms with Gasteiger partial charge in [0.05, 0.1) is 0 Å². The number of anilines is 1. The summed E-state index contributed by atoms with van der Waals surface area (Å²) < 4.78 is 0. The molecule has 0 amide bonds. The zero-order chi connectivity index (χ0) is 10.4. The van der Waals surface area contributed by atoms with Crippen molar-refractivity contribution in [3.05, 3.63) is 23.5 Å². The minimum Gasteiger partial charge on any atom is -0.384 e. The Bertz CT molecular complexity index is 396. The quantitative estimate of drug-likeness (QED) is 0.576. The summed E-state index contributed by atoms with van der Waals surface area (Å²) in [6.45, 7) is 2.57. The lowest BCUT2D eigenvalue weighted by atomic mass is 10.2. The van der Waals surface area contributed by atoms with Crippen LogP contribution in [0, 0.1) is 30.6 Å². The van der Waals surface area contributed by atoms with Crippen LogP contribution >= 0.6 is 0 Å². The number of hydrogen-bond donors (Lipinski definition) is 1. The fourth-order valence-electron chi connectivity index (χ4n) is 1.11. The van der Waals surface area contributed by atoms with Gasteiger partial charge in [-0.3, -0.25) is 0 Å². The minimum atomic E-state index is 0.424. The number of nitrogens with one attached hydrogen (secondary N) is 1. The van der Waals surface area contributed by atoms with Gasteiger partial charge < -0.3 is 5.32 Å². The first-order valence-electron chi connectivity index (χ1n) is 4.32. The summed E-state index contributed by atoms with van der Waals surface area (Å²) in [6.07, 6.45) is 5.79. The van der Waals surface area contributed by atoms with Gasteiger partial charge in [-0.15, -0.1) is 12.3 Å². The Balaban J connectivity index is 2.74. The van der Waals surface area contributed by atoms with Gasteiger partial charge >= 0.3 is 0 Å². The summed E-state index contributed by atoms with van der Waals surface area (Å²) in [4.78, 5) is 4.04. The first kappa shape index (κ1) is 10.1. The molecular formula is C11H11N3. The summed E-state index contributed by atoms with van der Waals surface area (Å²) in [7, 11) is 0. The Labute approximate surface area is 83.8 Å². The molecule has 1 rings (SSSR count). The Morgan fingerprint density at radius 1 is 1.57 bits per heavy atom. The summed E-state index contributed by atoms with van der Waals surface area (Å²) >= 11 is 0. The molecule has 0 unspecified atom stereocenters. The summed E-state index contributed by atoms with van der Waals surface area (Å²) in [5, 5.41) is 11.8. The van der Waals surface area contributed by atoms with Crippen molar-refractivity contribution in [3.63, 3.8) is 0 Å². The van der Waals surface area contributed by atoms with Crippen LogP contribution in [0.15, 0.2) is 12.1 Å². The van der Waals surface area contributed by atoms with Gasteiger partial charge in [-0.25, -0.2) is 4.98 Å². The molecule has 0 bridgehead atoms. The molecule has 0 radical (unpaired) electrons. The van der Waals surface area contributed by atoms with Gasteiger partial charge in [-0.05, 0) is 19.1 Å². The molecule has 0 atom stereocenters. The molecule has 1 heterocycles. The third-order valence-corrected chi connectivity index (χ3v) is 1.67. The standard InChI is InChI=1S/C11H11N3/c1-3-4-5-13-10-6-9(2)14-11(7-10)8-12/h1,6-7H,4-5H2,2H3,(H,13,14). The van der Waals surface area contributed by atoms with E-state index in [9.17, 15) is 0 Å². The van der Waals surface area contributed by atoms with E-state index in [2.05, 4.69) is 16.2 Å². The second-order valence-corrected chi connectivity index (χ2v) is 2.88. The van der Waals surface area contributed by atoms with Gasteiger partial charge in [-0.2, -0.15) is 5.26 Å². The van der Waals surface area contributed by atoms with E-state index in [1.807, 2.05) is 19.1 Å². The van der Waals surface area contributed by atoms with Gasteiger partial charge in [0, 0.05) is 24.3 Å². The SMILES string of the molecule is C#CCCNc1cc(C)nc(C#N)c1. The van der Waals surface area contributed by atoms with Crippen molar-refractivity contribution in [2.24, 2.45) is 0 Å². The van der Waals surface area contributed by atoms with Crippen LogP contribution in [0.5, 0.6) is 0 Å². The van der Waals surface area contributed by atoms with Crippen molar-refractivity contribution in [1.29, 1.82) is 5.26 Å². The van der Waals surface area contributed by atoms with Crippen molar-refractivity contribution >= 4 is 5.69 Å². The average Bonchev–Trinajstić information content (AvgIpc) is 2.17. The summed E-state index contributed by atoms with van der Waals surface area (Å²) in [5.41, 5.74) is 2.14. The van der Waals surface area contributed by atoms with Gasteiger partial charge in [-0.1, -0.05) is 0 Å². The molecule has 70 valence electrons. The van der Waals surface area contributed by atoms with Crippen LogP contribution in [-0.2, 0) is 0 Å². The highest BCUT2D eigenvalue weighted by atomic mass is 14.9. The molecule has 0 aliphatic carbocycles. The van der Waals surface area contributed by atoms with Gasteiger partial charge in [0.15, 0.2) is 0 Å². The normalized spacial score (nSPS) is 8.79. The van der Waals surface area contributed by atoms with Crippen molar-refractivity contribution in [2.45, 2.75) is 13.3 Å². The number of aryl methyl sites for hydroxylation is 1. The van der Waals surface area contributed by atoms with Crippen LogP contribution in [0.3, 0.4) is 0 Å². The van der Waals surface area contributed by atoms with E-state index in [-0.39, 0.29) is 0 Å². The van der Waals surface area contributed by atoms with Gasteiger partial charge in [0.25, 0.3) is 0 Å². The maximum absolute atomic E-state index is 8.69. The van der Waals surface area contributed by atoms with Crippen LogP contribution in [0.25, 0.3) is 0 Å². The lowest BCUT2D eigenvalue weighted by molar-refractivity contribution is 1.08. The van der Waals surface area contributed by atoms with Crippen LogP contribution in [-0.4, -0.2) is 11.5 Å². The maximum atomic E-state index is 8.69. The lowest BCUT2D eigenvalue weighted by Crippen LogP contribution is -2.01. The van der Waals surface area contributed by atoms with E-state index < -0.39 is 0 Å². The minimum absolute atomic E-state index is 0.424. The number of hydrogen-bond acceptors (Lipinski definition) is 3. The van der Waals surface area contributed by atoms with Gasteiger partial charge in [0.1, 0.15) is 11.8 Å². The van der Waals surface area contributed by atoms with E-state index in [4.69, 9.17) is 11.7 Å². The van der Waals surface area contributed by atoms with Gasteiger partial charge in [0.2, 0.25) is 0 Å². The van der Waals surface area contributed by atoms with Crippen molar-refractivity contribution in [1.82, 2.24) is 4.98 Å². The fraction of sp³-hybridized carbons (Fsp3) is 0.273. The highest BCUT2D eigenvalue weighted by molar-refractivity contribution is 5.47. The molecule has 0 spiro atoms. The smallest absolute Gasteiger partial charge is 0.142 e. The Morgan fingerprint density at radius 3 is 3.00 bits per heavy atom.